The molecule has 1 aliphatic rings. The first-order chi connectivity index (χ1) is 7.95. The van der Waals surface area contributed by atoms with E-state index in [1.165, 1.54) is 4.88 Å². The van der Waals surface area contributed by atoms with Crippen LogP contribution in [0.15, 0.2) is 11.7 Å². The van der Waals surface area contributed by atoms with Crippen molar-refractivity contribution in [3.63, 3.8) is 0 Å². The van der Waals surface area contributed by atoms with E-state index in [2.05, 4.69) is 10.3 Å². The Balaban J connectivity index is 1.43. The zero-order valence-electron chi connectivity index (χ0n) is 9.35. The highest BCUT2D eigenvalue weighted by atomic mass is 32.1. The second kappa shape index (κ2) is 6.96. The molecule has 0 amide bonds. The van der Waals surface area contributed by atoms with Crippen molar-refractivity contribution >= 4 is 11.3 Å². The van der Waals surface area contributed by atoms with Crippen molar-refractivity contribution in [2.45, 2.75) is 13.0 Å². The van der Waals surface area contributed by atoms with Crippen molar-refractivity contribution in [1.82, 2.24) is 10.3 Å². The summed E-state index contributed by atoms with van der Waals surface area (Å²) < 4.78 is 10.9. The van der Waals surface area contributed by atoms with Gasteiger partial charge in [-0.3, -0.25) is 4.98 Å². The number of thiazole rings is 1. The van der Waals surface area contributed by atoms with E-state index in [1.807, 2.05) is 11.7 Å². The molecule has 0 bridgehead atoms. The topological polar surface area (TPSA) is 43.4 Å². The molecular formula is C11H18N2O2S. The molecule has 5 heteroatoms. The molecule has 1 unspecified atom stereocenters. The Morgan fingerprint density at radius 2 is 2.62 bits per heavy atom. The van der Waals surface area contributed by atoms with Crippen molar-refractivity contribution in [3.8, 4) is 0 Å². The minimum Gasteiger partial charge on any atom is -0.381 e. The molecule has 2 rings (SSSR count). The highest BCUT2D eigenvalue weighted by Gasteiger charge is 2.14. The summed E-state index contributed by atoms with van der Waals surface area (Å²) in [7, 11) is 0. The molecule has 1 saturated heterocycles. The minimum absolute atomic E-state index is 0.612. The number of aromatic nitrogens is 1. The number of nitrogens with one attached hydrogen (secondary N) is 1. The Morgan fingerprint density at radius 3 is 3.38 bits per heavy atom. The third kappa shape index (κ3) is 4.17. The van der Waals surface area contributed by atoms with Crippen LogP contribution in [-0.4, -0.2) is 38.0 Å². The van der Waals surface area contributed by atoms with Gasteiger partial charge in [0.2, 0.25) is 0 Å². The summed E-state index contributed by atoms with van der Waals surface area (Å²) in [4.78, 5) is 5.29. The molecule has 2 heterocycles. The van der Waals surface area contributed by atoms with Crippen LogP contribution in [0.1, 0.15) is 11.3 Å². The van der Waals surface area contributed by atoms with Gasteiger partial charge >= 0.3 is 0 Å². The van der Waals surface area contributed by atoms with Crippen LogP contribution in [0, 0.1) is 5.92 Å². The molecule has 1 aromatic heterocycles. The summed E-state index contributed by atoms with van der Waals surface area (Å²) >= 11 is 1.68. The fraction of sp³-hybridized carbons (Fsp3) is 0.727. The van der Waals surface area contributed by atoms with Gasteiger partial charge in [-0.15, -0.1) is 11.3 Å². The van der Waals surface area contributed by atoms with Crippen molar-refractivity contribution < 1.29 is 9.47 Å². The number of rotatable bonds is 7. The molecule has 0 radical (unpaired) electrons. The van der Waals surface area contributed by atoms with Crippen molar-refractivity contribution in [3.05, 3.63) is 16.6 Å². The molecular weight excluding hydrogens is 224 g/mol. The third-order valence-electron chi connectivity index (χ3n) is 2.58. The number of ether oxygens (including phenoxy) is 2. The predicted octanol–water partition coefficient (Wildman–Crippen LogP) is 1.29. The van der Waals surface area contributed by atoms with Gasteiger partial charge in [0.1, 0.15) is 0 Å². The van der Waals surface area contributed by atoms with Gasteiger partial charge in [-0.05, 0) is 6.42 Å². The van der Waals surface area contributed by atoms with Gasteiger partial charge in [-0.1, -0.05) is 0 Å². The standard InChI is InChI=1S/C11H18N2O2S/c1-3-14-7-10(1)8-15-4-2-12-5-11-6-13-9-16-11/h6,9-10,12H,1-5,7-8H2. The first-order valence-electron chi connectivity index (χ1n) is 5.69. The smallest absolute Gasteiger partial charge is 0.0794 e. The van der Waals surface area contributed by atoms with E-state index in [0.29, 0.717) is 5.92 Å². The SMILES string of the molecule is c1ncc(CNCCOCC2CCOC2)s1. The molecule has 0 spiro atoms. The van der Waals surface area contributed by atoms with Crippen LogP contribution in [0.3, 0.4) is 0 Å². The van der Waals surface area contributed by atoms with Gasteiger partial charge in [0.15, 0.2) is 0 Å². The normalized spacial score (nSPS) is 20.4. The average molecular weight is 242 g/mol. The molecule has 1 aromatic rings. The zero-order valence-corrected chi connectivity index (χ0v) is 10.2. The average Bonchev–Trinajstić information content (AvgIpc) is 2.96. The summed E-state index contributed by atoms with van der Waals surface area (Å²) in [6, 6.07) is 0. The second-order valence-electron chi connectivity index (χ2n) is 3.95. The van der Waals surface area contributed by atoms with Gasteiger partial charge in [0.05, 0.1) is 25.3 Å². The highest BCUT2D eigenvalue weighted by Crippen LogP contribution is 2.11. The molecule has 1 atom stereocenters. The molecule has 0 aromatic carbocycles. The van der Waals surface area contributed by atoms with Gasteiger partial charge in [0, 0.05) is 36.7 Å². The molecule has 1 aliphatic heterocycles. The van der Waals surface area contributed by atoms with Crippen LogP contribution in [0.4, 0.5) is 0 Å². The number of nitrogens with zero attached hydrogens (tertiary/aromatic N) is 1. The van der Waals surface area contributed by atoms with Crippen LogP contribution < -0.4 is 5.32 Å². The van der Waals surface area contributed by atoms with E-state index in [-0.39, 0.29) is 0 Å². The van der Waals surface area contributed by atoms with Crippen molar-refractivity contribution in [2.75, 3.05) is 33.0 Å². The summed E-state index contributed by atoms with van der Waals surface area (Å²) in [6.45, 7) is 5.16. The quantitative estimate of drug-likeness (QED) is 0.732. The lowest BCUT2D eigenvalue weighted by Gasteiger charge is -2.08. The summed E-state index contributed by atoms with van der Waals surface area (Å²) in [5, 5.41) is 3.33. The Morgan fingerprint density at radius 1 is 1.62 bits per heavy atom. The van der Waals surface area contributed by atoms with E-state index in [4.69, 9.17) is 9.47 Å². The van der Waals surface area contributed by atoms with E-state index >= 15 is 0 Å². The lowest BCUT2D eigenvalue weighted by atomic mass is 10.1. The van der Waals surface area contributed by atoms with Gasteiger partial charge in [-0.2, -0.15) is 0 Å². The maximum absolute atomic E-state index is 5.58. The van der Waals surface area contributed by atoms with E-state index < -0.39 is 0 Å². The molecule has 0 saturated carbocycles. The second-order valence-corrected chi connectivity index (χ2v) is 4.92. The number of hydrogen-bond donors (Lipinski definition) is 1. The Bertz CT molecular complexity index is 274. The van der Waals surface area contributed by atoms with Gasteiger partial charge in [0.25, 0.3) is 0 Å². The molecule has 16 heavy (non-hydrogen) atoms. The van der Waals surface area contributed by atoms with Gasteiger partial charge in [-0.25, -0.2) is 0 Å². The maximum Gasteiger partial charge on any atom is 0.0794 e. The fourth-order valence-electron chi connectivity index (χ4n) is 1.65. The van der Waals surface area contributed by atoms with Crippen molar-refractivity contribution in [2.24, 2.45) is 5.92 Å². The maximum atomic E-state index is 5.58. The van der Waals surface area contributed by atoms with E-state index in [0.717, 1.165) is 45.9 Å². The zero-order chi connectivity index (χ0) is 11.1. The molecule has 4 nitrogen and oxygen atoms in total. The first kappa shape index (κ1) is 12.0. The van der Waals surface area contributed by atoms with Gasteiger partial charge < -0.3 is 14.8 Å². The van der Waals surface area contributed by atoms with Crippen LogP contribution in [0.25, 0.3) is 0 Å². The summed E-state index contributed by atoms with van der Waals surface area (Å²) in [5.74, 6) is 0.612. The monoisotopic (exact) mass is 242 g/mol. The Labute approximate surface area is 100.0 Å². The van der Waals surface area contributed by atoms with Crippen molar-refractivity contribution in [1.29, 1.82) is 0 Å². The van der Waals surface area contributed by atoms with Crippen LogP contribution in [0.2, 0.25) is 0 Å². The lowest BCUT2D eigenvalue weighted by molar-refractivity contribution is 0.0913. The Kier molecular flexibility index (Phi) is 5.21. The fourth-order valence-corrected chi connectivity index (χ4v) is 2.21. The molecule has 0 aliphatic carbocycles. The lowest BCUT2D eigenvalue weighted by Crippen LogP contribution is -2.20. The van der Waals surface area contributed by atoms with Crippen LogP contribution >= 0.6 is 11.3 Å². The Hall–Kier alpha value is -0.490. The third-order valence-corrected chi connectivity index (χ3v) is 3.36. The molecule has 1 fully saturated rings. The van der Waals surface area contributed by atoms with E-state index in [1.54, 1.807) is 11.3 Å². The van der Waals surface area contributed by atoms with Crippen LogP contribution in [0.5, 0.6) is 0 Å². The van der Waals surface area contributed by atoms with Crippen LogP contribution in [-0.2, 0) is 16.0 Å². The first-order valence-corrected chi connectivity index (χ1v) is 6.56. The highest BCUT2D eigenvalue weighted by molar-refractivity contribution is 7.09. The summed E-state index contributed by atoms with van der Waals surface area (Å²) in [6.07, 6.45) is 3.04. The minimum atomic E-state index is 0.612. The summed E-state index contributed by atoms with van der Waals surface area (Å²) in [5.41, 5.74) is 1.85. The largest absolute Gasteiger partial charge is 0.381 e. The van der Waals surface area contributed by atoms with E-state index in [9.17, 15) is 0 Å². The predicted molar refractivity (Wildman–Crippen MR) is 63.6 cm³/mol. The number of hydrogen-bond acceptors (Lipinski definition) is 5. The molecule has 1 N–H and O–H groups in total. The molecule has 90 valence electrons.